The van der Waals surface area contributed by atoms with Crippen LogP contribution in [-0.2, 0) is 99.8 Å². The van der Waals surface area contributed by atoms with Gasteiger partial charge in [0.2, 0.25) is 11.2 Å². The van der Waals surface area contributed by atoms with Crippen LogP contribution in [-0.4, -0.2) is 57.6 Å². The molecule has 2 unspecified atom stereocenters. The van der Waals surface area contributed by atoms with E-state index in [1.807, 2.05) is 141 Å². The van der Waals surface area contributed by atoms with E-state index >= 15 is 0 Å². The van der Waals surface area contributed by atoms with Gasteiger partial charge >= 0.3 is 0 Å². The first kappa shape index (κ1) is 107. The molecular formula is C115H118Ir4N6O4S-4. The van der Waals surface area contributed by atoms with Crippen molar-refractivity contribution in [2.75, 3.05) is 0 Å². The number of aryl methyl sites for hydroxylation is 6. The fourth-order valence-corrected chi connectivity index (χ4v) is 16.2. The van der Waals surface area contributed by atoms with Crippen LogP contribution in [0.15, 0.2) is 315 Å². The van der Waals surface area contributed by atoms with Gasteiger partial charge in [0.15, 0.2) is 6.54 Å². The predicted octanol–water partition coefficient (Wildman–Crippen LogP) is 28.5. The number of allylic oxidation sites excluding steroid dienone is 2. The second kappa shape index (κ2) is 53.3. The predicted molar refractivity (Wildman–Crippen MR) is 528 cm³/mol. The van der Waals surface area contributed by atoms with Crippen molar-refractivity contribution in [3.05, 3.63) is 395 Å². The van der Waals surface area contributed by atoms with Gasteiger partial charge in [0.25, 0.3) is 0 Å². The van der Waals surface area contributed by atoms with Crippen molar-refractivity contribution >= 4 is 65.6 Å². The summed E-state index contributed by atoms with van der Waals surface area (Å²) in [4.78, 5) is 23.9. The minimum atomic E-state index is -0.537. The first-order valence-electron chi connectivity index (χ1n) is 43.6. The standard InChI is InChI=1S/2C21H22N.C18H16N.C15H10N.C13H8NS.C11H8N.C11H22O2.C5H10O2.4Ir/c2*1-14(2)10-17-6-5-7-21-19(17)8-9-20(22-21)18-12-15(3)11-16(4)13-18;1-12-9-13(2)16-11-19-17-6-4-3-5-14(17)7-8-18(19)15(16)10-12;1-2-7-13(8-3-1)15-14-9-5-4-6-12(14)10-11-16-15;1-2-5-11-10(4-1)7-8-14-13(11)12-6-3-9-15-12;1-2-6-10(7-3-1)11-8-4-5-9-12-11;1-8(2)5-10(12)7-11(13)6-9(3)4;1-4(6)3-5(2)7;;;;/h2*5-9,11-12,14H,10H2,1-4H3;3-10H,11H2,1-2H3;1-7,9-11H;1-5,7-9H;1-6,8-9H;7-10,12-13H,5-6H2,1-4H3;3-4,6-7H,1-2H3;;;;/q2*-1;+1;3*-1;;;;;;. The van der Waals surface area contributed by atoms with Gasteiger partial charge in [-0.2, -0.15) is 16.7 Å². The average Bonchev–Trinajstić information content (AvgIpc) is 1.60. The fraction of sp³-hybridized carbons (Fsp3) is 0.235. The Labute approximate surface area is 829 Å². The average molecular weight is 2450 g/mol. The molecule has 0 saturated heterocycles. The number of thiophene rings is 1. The second-order valence-corrected chi connectivity index (χ2v) is 34.9. The number of aliphatic hydroxyl groups is 4. The van der Waals surface area contributed by atoms with Crippen molar-refractivity contribution < 1.29 is 105 Å². The third-order valence-corrected chi connectivity index (χ3v) is 21.6. The van der Waals surface area contributed by atoms with E-state index in [0.29, 0.717) is 42.3 Å². The van der Waals surface area contributed by atoms with Crippen LogP contribution in [0.4, 0.5) is 0 Å². The number of pyridine rings is 6. The molecular weight excluding hydrogens is 2330 g/mol. The zero-order valence-electron chi connectivity index (χ0n) is 77.1. The SMILES string of the molecule is CC(C)CC(O)=CC(O)CC(C)C.CC(O)=CC(C)O.Cc1[c-]c(-c2ccc3c(CC(C)C)cccc3n2)cc(C)c1.Cc1[c-]c(-c2ccc3c(CC(C)C)cccc3n2)cc(C)c1.Cc1cc(C)c2c(c1)-c1ccc3ccccc3[n+]1C2.[Ir].[Ir].[Ir].[Ir].[c-]1ccccc1-c1ccccn1.[c-]1ccccc1-c1nccc2ccccc12.[c-]1ccsc1-c1nccc2ccccc12. The third kappa shape index (κ3) is 31.7. The summed E-state index contributed by atoms with van der Waals surface area (Å²) in [7, 11) is 0. The van der Waals surface area contributed by atoms with Crippen molar-refractivity contribution in [2.24, 2.45) is 23.7 Å². The monoisotopic (exact) mass is 2450 g/mol. The molecule has 4 N–H and O–H groups in total. The maximum absolute atomic E-state index is 9.47. The summed E-state index contributed by atoms with van der Waals surface area (Å²) in [6.07, 6.45) is 10.9. The molecule has 10 nitrogen and oxygen atoms in total. The van der Waals surface area contributed by atoms with Crippen LogP contribution in [0.3, 0.4) is 0 Å². The molecule has 10 aromatic carbocycles. The van der Waals surface area contributed by atoms with Crippen LogP contribution in [0.1, 0.15) is 132 Å². The summed E-state index contributed by atoms with van der Waals surface area (Å²) in [5.41, 5.74) is 27.3. The molecule has 7 aromatic heterocycles. The normalized spacial score (nSPS) is 11.5. The van der Waals surface area contributed by atoms with E-state index in [-0.39, 0.29) is 86.2 Å². The Bertz CT molecular complexity index is 6230. The smallest absolute Gasteiger partial charge is 0.213 e. The number of fused-ring (bicyclic) bond motifs is 9. The summed E-state index contributed by atoms with van der Waals surface area (Å²) >= 11 is 1.67. The van der Waals surface area contributed by atoms with E-state index in [0.717, 1.165) is 97.1 Å². The van der Waals surface area contributed by atoms with E-state index in [1.165, 1.54) is 106 Å². The van der Waals surface area contributed by atoms with Crippen molar-refractivity contribution in [1.29, 1.82) is 0 Å². The molecule has 0 aliphatic carbocycles. The molecule has 18 rings (SSSR count). The molecule has 0 fully saturated rings. The summed E-state index contributed by atoms with van der Waals surface area (Å²) in [5, 5.41) is 46.5. The number of hydrogen-bond donors (Lipinski definition) is 4. The van der Waals surface area contributed by atoms with Gasteiger partial charge in [0, 0.05) is 139 Å². The molecule has 4 radical (unpaired) electrons. The summed E-state index contributed by atoms with van der Waals surface area (Å²) in [6.45, 7) is 34.1. The Hall–Kier alpha value is -10.3. The molecule has 130 heavy (non-hydrogen) atoms. The summed E-state index contributed by atoms with van der Waals surface area (Å²) in [6, 6.07) is 108. The Morgan fingerprint density at radius 2 is 0.946 bits per heavy atom. The Balaban J connectivity index is 0.000000206. The number of aliphatic hydroxyl groups excluding tert-OH is 4. The van der Waals surface area contributed by atoms with E-state index in [1.54, 1.807) is 30.5 Å². The molecule has 0 saturated carbocycles. The molecule has 15 heteroatoms. The topological polar surface area (TPSA) is 149 Å². The molecule has 678 valence electrons. The zero-order valence-corrected chi connectivity index (χ0v) is 87.5. The van der Waals surface area contributed by atoms with Crippen molar-refractivity contribution in [3.63, 3.8) is 0 Å². The molecule has 1 aliphatic rings. The van der Waals surface area contributed by atoms with Crippen molar-refractivity contribution in [3.8, 4) is 66.9 Å². The maximum atomic E-state index is 9.47. The number of nitrogens with zero attached hydrogens (tertiary/aromatic N) is 6. The molecule has 17 aromatic rings. The first-order valence-corrected chi connectivity index (χ1v) is 44.5. The van der Waals surface area contributed by atoms with Gasteiger partial charge in [-0.05, 0) is 204 Å². The van der Waals surface area contributed by atoms with Crippen LogP contribution in [0.2, 0.25) is 0 Å². The van der Waals surface area contributed by atoms with Gasteiger partial charge in [-0.1, -0.05) is 215 Å². The molecule has 1 aliphatic heterocycles. The molecule has 0 spiro atoms. The minimum Gasteiger partial charge on any atom is -0.513 e. The second-order valence-electron chi connectivity index (χ2n) is 34.0. The Morgan fingerprint density at radius 1 is 0.431 bits per heavy atom. The largest absolute Gasteiger partial charge is 0.513 e. The quantitative estimate of drug-likeness (QED) is 0.0447. The van der Waals surface area contributed by atoms with Crippen molar-refractivity contribution in [2.45, 2.75) is 155 Å². The van der Waals surface area contributed by atoms with Crippen LogP contribution < -0.4 is 4.57 Å². The maximum Gasteiger partial charge on any atom is 0.213 e. The van der Waals surface area contributed by atoms with E-state index in [2.05, 4.69) is 291 Å². The number of aromatic nitrogens is 6. The van der Waals surface area contributed by atoms with E-state index in [9.17, 15) is 10.2 Å². The van der Waals surface area contributed by atoms with Crippen LogP contribution >= 0.6 is 11.3 Å². The third-order valence-electron chi connectivity index (χ3n) is 20.7. The van der Waals surface area contributed by atoms with Crippen molar-refractivity contribution in [1.82, 2.24) is 24.9 Å². The molecule has 8 heterocycles. The van der Waals surface area contributed by atoms with E-state index < -0.39 is 12.2 Å². The number of rotatable bonds is 15. The van der Waals surface area contributed by atoms with Gasteiger partial charge in [-0.25, -0.2) is 11.3 Å². The zero-order chi connectivity index (χ0) is 89.8. The summed E-state index contributed by atoms with van der Waals surface area (Å²) in [5.74, 6) is 2.66. The van der Waals surface area contributed by atoms with Crippen LogP contribution in [0.5, 0.6) is 0 Å². The van der Waals surface area contributed by atoms with Crippen LogP contribution in [0, 0.1) is 95.5 Å². The van der Waals surface area contributed by atoms with E-state index in [4.69, 9.17) is 20.2 Å². The minimum absolute atomic E-state index is 0. The van der Waals surface area contributed by atoms with Gasteiger partial charge in [-0.3, -0.25) is 9.97 Å². The number of para-hydroxylation sites is 1. The van der Waals surface area contributed by atoms with Gasteiger partial charge < -0.3 is 35.4 Å². The Kier molecular flexibility index (Phi) is 43.7. The summed E-state index contributed by atoms with van der Waals surface area (Å²) < 4.78 is 2.44. The van der Waals surface area contributed by atoms with Gasteiger partial charge in [-0.15, -0.1) is 147 Å². The number of benzene rings is 10. The number of hydrogen-bond acceptors (Lipinski definition) is 10. The fourth-order valence-electron chi connectivity index (χ4n) is 15.5. The molecule has 0 bridgehead atoms. The van der Waals surface area contributed by atoms with Crippen LogP contribution in [0.25, 0.3) is 121 Å². The Morgan fingerprint density at radius 3 is 1.43 bits per heavy atom. The van der Waals surface area contributed by atoms with Gasteiger partial charge in [0.05, 0.1) is 40.3 Å². The van der Waals surface area contributed by atoms with Gasteiger partial charge in [0.1, 0.15) is 0 Å². The molecule has 0 amide bonds. The molecule has 2 atom stereocenters. The first-order chi connectivity index (χ1) is 60.7.